The maximum atomic E-state index is 5.28. The van der Waals surface area contributed by atoms with E-state index in [0.29, 0.717) is 46.2 Å². The molecule has 4 heteroatoms. The van der Waals surface area contributed by atoms with Gasteiger partial charge in [0, 0.05) is 7.11 Å². The molecule has 90 valence electrons. The van der Waals surface area contributed by atoms with Gasteiger partial charge in [0.15, 0.2) is 0 Å². The fourth-order valence-corrected chi connectivity index (χ4v) is 0.828. The number of hydrogen-bond acceptors (Lipinski definition) is 4. The third-order valence-corrected chi connectivity index (χ3v) is 1.52. The molecule has 0 saturated heterocycles. The summed E-state index contributed by atoms with van der Waals surface area (Å²) >= 11 is 0. The van der Waals surface area contributed by atoms with E-state index < -0.39 is 0 Å². The molecule has 0 aromatic heterocycles. The highest BCUT2D eigenvalue weighted by atomic mass is 16.6. The Bertz CT molecular complexity index is 148. The van der Waals surface area contributed by atoms with Crippen molar-refractivity contribution in [1.82, 2.24) is 0 Å². The van der Waals surface area contributed by atoms with E-state index in [9.17, 15) is 0 Å². The molecule has 0 spiro atoms. The normalized spacial score (nSPS) is 10.5. The molecule has 0 radical (unpaired) electrons. The molecule has 0 amide bonds. The Morgan fingerprint density at radius 3 is 1.80 bits per heavy atom. The monoisotopic (exact) mass is 218 g/mol. The van der Waals surface area contributed by atoms with Crippen LogP contribution in [0, 0.1) is 0 Å². The lowest BCUT2D eigenvalue weighted by Crippen LogP contribution is -2.11. The van der Waals surface area contributed by atoms with E-state index in [1.165, 1.54) is 0 Å². The Hall–Kier alpha value is -0.420. The zero-order chi connectivity index (χ0) is 11.4. The summed E-state index contributed by atoms with van der Waals surface area (Å²) < 4.78 is 20.6. The average Bonchev–Trinajstić information content (AvgIpc) is 2.20. The molecule has 0 aromatic rings. The van der Waals surface area contributed by atoms with E-state index in [0.717, 1.165) is 5.57 Å². The summed E-state index contributed by atoms with van der Waals surface area (Å²) in [7, 11) is 1.65. The van der Waals surface area contributed by atoms with Crippen LogP contribution in [0.4, 0.5) is 0 Å². The number of methoxy groups -OCH3 is 1. The van der Waals surface area contributed by atoms with Crippen molar-refractivity contribution >= 4 is 0 Å². The van der Waals surface area contributed by atoms with Crippen molar-refractivity contribution in [1.29, 1.82) is 0 Å². The smallest absolute Gasteiger partial charge is 0.0704 e. The van der Waals surface area contributed by atoms with E-state index in [-0.39, 0.29) is 0 Å². The molecule has 0 aliphatic carbocycles. The van der Waals surface area contributed by atoms with Gasteiger partial charge in [-0.3, -0.25) is 0 Å². The molecule has 0 rings (SSSR count). The largest absolute Gasteiger partial charge is 0.382 e. The van der Waals surface area contributed by atoms with Gasteiger partial charge in [-0.2, -0.15) is 0 Å². The second-order valence-electron chi connectivity index (χ2n) is 3.23. The molecular weight excluding hydrogens is 196 g/mol. The molecule has 0 aliphatic rings. The van der Waals surface area contributed by atoms with Gasteiger partial charge in [-0.05, 0) is 6.92 Å². The van der Waals surface area contributed by atoms with Crippen molar-refractivity contribution in [2.75, 3.05) is 53.4 Å². The third kappa shape index (κ3) is 13.6. The van der Waals surface area contributed by atoms with E-state index in [2.05, 4.69) is 6.58 Å². The van der Waals surface area contributed by atoms with Crippen LogP contribution in [0.1, 0.15) is 6.92 Å². The van der Waals surface area contributed by atoms with Gasteiger partial charge in [0.2, 0.25) is 0 Å². The first-order valence-electron chi connectivity index (χ1n) is 5.14. The lowest BCUT2D eigenvalue weighted by molar-refractivity contribution is 0.00645. The molecule has 4 nitrogen and oxygen atoms in total. The Kier molecular flexibility index (Phi) is 11.3. The Labute approximate surface area is 92.2 Å². The molecule has 0 unspecified atom stereocenters. The van der Waals surface area contributed by atoms with Crippen LogP contribution in [0.15, 0.2) is 12.2 Å². The standard InChI is InChI=1S/C11H22O4/c1-11(2)10-15-9-8-14-7-6-13-5-4-12-3/h1,4-10H2,2-3H3. The van der Waals surface area contributed by atoms with Gasteiger partial charge in [0.05, 0.1) is 46.2 Å². The van der Waals surface area contributed by atoms with E-state index in [1.54, 1.807) is 7.11 Å². The Morgan fingerprint density at radius 2 is 1.33 bits per heavy atom. The van der Waals surface area contributed by atoms with Crippen LogP contribution in [-0.4, -0.2) is 53.4 Å². The van der Waals surface area contributed by atoms with Gasteiger partial charge in [0.1, 0.15) is 0 Å². The minimum Gasteiger partial charge on any atom is -0.382 e. The minimum atomic E-state index is 0.597. The Balaban J connectivity index is 2.89. The molecule has 0 saturated carbocycles. The van der Waals surface area contributed by atoms with E-state index >= 15 is 0 Å². The summed E-state index contributed by atoms with van der Waals surface area (Å²) in [5.41, 5.74) is 1.03. The van der Waals surface area contributed by atoms with E-state index in [1.807, 2.05) is 6.92 Å². The first-order valence-corrected chi connectivity index (χ1v) is 5.14. The van der Waals surface area contributed by atoms with Gasteiger partial charge in [0.25, 0.3) is 0 Å². The summed E-state index contributed by atoms with van der Waals surface area (Å²) in [5.74, 6) is 0. The topological polar surface area (TPSA) is 36.9 Å². The fraction of sp³-hybridized carbons (Fsp3) is 0.818. The first-order chi connectivity index (χ1) is 7.27. The number of ether oxygens (including phenoxy) is 4. The van der Waals surface area contributed by atoms with Crippen molar-refractivity contribution in [3.8, 4) is 0 Å². The number of rotatable bonds is 11. The van der Waals surface area contributed by atoms with Crippen molar-refractivity contribution < 1.29 is 18.9 Å². The minimum absolute atomic E-state index is 0.597. The fourth-order valence-electron chi connectivity index (χ4n) is 0.828. The molecule has 0 bridgehead atoms. The molecule has 0 heterocycles. The molecule has 0 atom stereocenters. The van der Waals surface area contributed by atoms with Crippen LogP contribution < -0.4 is 0 Å². The molecule has 0 fully saturated rings. The molecule has 0 N–H and O–H groups in total. The van der Waals surface area contributed by atoms with Crippen molar-refractivity contribution in [3.63, 3.8) is 0 Å². The van der Waals surface area contributed by atoms with Gasteiger partial charge < -0.3 is 18.9 Å². The first kappa shape index (κ1) is 14.6. The molecular formula is C11H22O4. The highest BCUT2D eigenvalue weighted by Gasteiger charge is 1.91. The maximum Gasteiger partial charge on any atom is 0.0704 e. The quantitative estimate of drug-likeness (QED) is 0.386. The van der Waals surface area contributed by atoms with Crippen molar-refractivity contribution in [2.24, 2.45) is 0 Å². The Morgan fingerprint density at radius 1 is 0.867 bits per heavy atom. The highest BCUT2D eigenvalue weighted by Crippen LogP contribution is 1.88. The summed E-state index contributed by atoms with van der Waals surface area (Å²) in [4.78, 5) is 0. The highest BCUT2D eigenvalue weighted by molar-refractivity contribution is 4.87. The van der Waals surface area contributed by atoms with E-state index in [4.69, 9.17) is 18.9 Å². The third-order valence-electron chi connectivity index (χ3n) is 1.52. The predicted octanol–water partition coefficient (Wildman–Crippen LogP) is 1.26. The summed E-state index contributed by atoms with van der Waals surface area (Å²) in [6.45, 7) is 9.92. The van der Waals surface area contributed by atoms with Crippen molar-refractivity contribution in [2.45, 2.75) is 6.92 Å². The van der Waals surface area contributed by atoms with Crippen LogP contribution in [0.2, 0.25) is 0 Å². The summed E-state index contributed by atoms with van der Waals surface area (Å²) in [5, 5.41) is 0. The van der Waals surface area contributed by atoms with Crippen LogP contribution in [0.3, 0.4) is 0 Å². The van der Waals surface area contributed by atoms with Crippen LogP contribution in [0.5, 0.6) is 0 Å². The van der Waals surface area contributed by atoms with Gasteiger partial charge in [-0.1, -0.05) is 12.2 Å². The van der Waals surface area contributed by atoms with Gasteiger partial charge in [-0.15, -0.1) is 0 Å². The van der Waals surface area contributed by atoms with Crippen LogP contribution in [0.25, 0.3) is 0 Å². The SMILES string of the molecule is C=C(C)COCCOCCOCCOC. The van der Waals surface area contributed by atoms with Gasteiger partial charge in [-0.25, -0.2) is 0 Å². The molecule has 0 aliphatic heterocycles. The van der Waals surface area contributed by atoms with Gasteiger partial charge >= 0.3 is 0 Å². The molecule has 0 aromatic carbocycles. The maximum absolute atomic E-state index is 5.28. The average molecular weight is 218 g/mol. The summed E-state index contributed by atoms with van der Waals surface area (Å²) in [6, 6.07) is 0. The predicted molar refractivity (Wildman–Crippen MR) is 59.1 cm³/mol. The molecule has 15 heavy (non-hydrogen) atoms. The zero-order valence-corrected chi connectivity index (χ0v) is 9.79. The lowest BCUT2D eigenvalue weighted by Gasteiger charge is -2.06. The zero-order valence-electron chi connectivity index (χ0n) is 9.79. The van der Waals surface area contributed by atoms with Crippen LogP contribution >= 0.6 is 0 Å². The number of hydrogen-bond donors (Lipinski definition) is 0. The van der Waals surface area contributed by atoms with Crippen LogP contribution in [-0.2, 0) is 18.9 Å². The lowest BCUT2D eigenvalue weighted by atomic mass is 10.4. The van der Waals surface area contributed by atoms with Crippen molar-refractivity contribution in [3.05, 3.63) is 12.2 Å². The summed E-state index contributed by atoms with van der Waals surface area (Å²) in [6.07, 6.45) is 0. The second kappa shape index (κ2) is 11.7. The second-order valence-corrected chi connectivity index (χ2v) is 3.23.